The molecule has 2 unspecified atom stereocenters. The maximum atomic E-state index is 12.2. The van der Waals surface area contributed by atoms with Gasteiger partial charge in [-0.15, -0.1) is 6.58 Å². The Morgan fingerprint density at radius 2 is 1.84 bits per heavy atom. The molecule has 6 heteroatoms. The van der Waals surface area contributed by atoms with Crippen molar-refractivity contribution in [3.63, 3.8) is 0 Å². The molecule has 0 amide bonds. The summed E-state index contributed by atoms with van der Waals surface area (Å²) >= 11 is 0. The summed E-state index contributed by atoms with van der Waals surface area (Å²) < 4.78 is 15.7. The second-order valence-electron chi connectivity index (χ2n) is 7.39. The van der Waals surface area contributed by atoms with E-state index in [0.29, 0.717) is 31.1 Å². The Balaban J connectivity index is 1.47. The van der Waals surface area contributed by atoms with Crippen molar-refractivity contribution in [3.05, 3.63) is 24.8 Å². The Kier molecular flexibility index (Phi) is 5.08. The molecule has 0 aromatic carbocycles. The highest BCUT2D eigenvalue weighted by atomic mass is 16.6. The molecule has 0 saturated heterocycles. The van der Waals surface area contributed by atoms with Crippen LogP contribution in [0.25, 0.3) is 0 Å². The van der Waals surface area contributed by atoms with Gasteiger partial charge in [0, 0.05) is 11.8 Å². The molecule has 6 nitrogen and oxygen atoms in total. The van der Waals surface area contributed by atoms with Crippen LogP contribution >= 0.6 is 0 Å². The van der Waals surface area contributed by atoms with Gasteiger partial charge >= 0.3 is 11.9 Å². The van der Waals surface area contributed by atoms with Crippen LogP contribution in [0.2, 0.25) is 0 Å². The first kappa shape index (κ1) is 17.9. The van der Waals surface area contributed by atoms with Crippen LogP contribution in [-0.4, -0.2) is 43.1 Å². The number of rotatable bonds is 8. The van der Waals surface area contributed by atoms with Gasteiger partial charge in [-0.25, -0.2) is 9.59 Å². The van der Waals surface area contributed by atoms with Crippen molar-refractivity contribution in [1.82, 2.24) is 0 Å². The van der Waals surface area contributed by atoms with Crippen LogP contribution in [-0.2, 0) is 28.6 Å². The summed E-state index contributed by atoms with van der Waals surface area (Å²) in [6, 6.07) is 0. The third-order valence-corrected chi connectivity index (χ3v) is 5.39. The second kappa shape index (κ2) is 7.12. The molecule has 4 aliphatic carbocycles. The highest BCUT2D eigenvalue weighted by molar-refractivity contribution is 5.89. The van der Waals surface area contributed by atoms with Crippen LogP contribution < -0.4 is 0 Å². The summed E-state index contributed by atoms with van der Waals surface area (Å²) in [6.45, 7) is 6.95. The van der Waals surface area contributed by atoms with Gasteiger partial charge in [0.2, 0.25) is 0 Å². The topological polar surface area (TPSA) is 78.9 Å². The number of esters is 2. The summed E-state index contributed by atoms with van der Waals surface area (Å²) in [7, 11) is 0. The van der Waals surface area contributed by atoms with Crippen LogP contribution in [0.3, 0.4) is 0 Å². The molecule has 25 heavy (non-hydrogen) atoms. The normalized spacial score (nSPS) is 32.3. The van der Waals surface area contributed by atoms with Crippen LogP contribution in [0.5, 0.6) is 0 Å². The molecule has 136 valence electrons. The van der Waals surface area contributed by atoms with E-state index in [9.17, 15) is 14.4 Å². The lowest BCUT2D eigenvalue weighted by molar-refractivity contribution is -0.193. The molecule has 0 spiro atoms. The third kappa shape index (κ3) is 3.84. The molecule has 0 N–H and O–H groups in total. The Bertz CT molecular complexity index is 589. The molecular weight excluding hydrogens is 324 g/mol. The lowest BCUT2D eigenvalue weighted by Crippen LogP contribution is -2.57. The van der Waals surface area contributed by atoms with Gasteiger partial charge in [0.15, 0.2) is 6.61 Å². The molecule has 0 aromatic rings. The zero-order valence-electron chi connectivity index (χ0n) is 14.3. The first-order chi connectivity index (χ1) is 11.9. The van der Waals surface area contributed by atoms with E-state index in [4.69, 9.17) is 14.2 Å². The summed E-state index contributed by atoms with van der Waals surface area (Å²) in [5.41, 5.74) is -0.409. The first-order valence-electron chi connectivity index (χ1n) is 8.71. The zero-order valence-corrected chi connectivity index (χ0v) is 14.3. The first-order valence-corrected chi connectivity index (χ1v) is 8.71. The quantitative estimate of drug-likeness (QED) is 0.289. The van der Waals surface area contributed by atoms with E-state index < -0.39 is 24.1 Å². The van der Waals surface area contributed by atoms with Crippen molar-refractivity contribution in [3.8, 4) is 0 Å². The van der Waals surface area contributed by atoms with Crippen molar-refractivity contribution in [2.24, 2.45) is 17.8 Å². The van der Waals surface area contributed by atoms with Crippen LogP contribution in [0.1, 0.15) is 32.1 Å². The zero-order chi connectivity index (χ0) is 18.0. The second-order valence-corrected chi connectivity index (χ2v) is 7.39. The Morgan fingerprint density at radius 1 is 1.16 bits per heavy atom. The molecule has 4 rings (SSSR count). The molecule has 4 bridgehead atoms. The molecule has 0 aliphatic heterocycles. The molecule has 4 fully saturated rings. The van der Waals surface area contributed by atoms with E-state index in [1.165, 1.54) is 0 Å². The summed E-state index contributed by atoms with van der Waals surface area (Å²) in [4.78, 5) is 36.1. The van der Waals surface area contributed by atoms with Gasteiger partial charge < -0.3 is 14.2 Å². The van der Waals surface area contributed by atoms with Crippen molar-refractivity contribution < 1.29 is 28.6 Å². The summed E-state index contributed by atoms with van der Waals surface area (Å²) in [6.07, 6.45) is 5.45. The highest BCUT2D eigenvalue weighted by Gasteiger charge is 2.57. The van der Waals surface area contributed by atoms with Gasteiger partial charge in [0.1, 0.15) is 11.4 Å². The standard InChI is InChI=1S/C19H24O6/c1-3-4-23-10-12(2)18(22)24-11-16(20)25-19-7-13-5-14(8-19)17(21)15(6-13)9-19/h3,13-15H,1-2,4-11H2. The molecule has 4 saturated carbocycles. The highest BCUT2D eigenvalue weighted by Crippen LogP contribution is 2.55. The van der Waals surface area contributed by atoms with E-state index in [1.807, 2.05) is 0 Å². The van der Waals surface area contributed by atoms with Gasteiger partial charge in [-0.3, -0.25) is 4.79 Å². The number of ketones is 1. The van der Waals surface area contributed by atoms with Crippen molar-refractivity contribution in [2.45, 2.75) is 37.7 Å². The Hall–Kier alpha value is -1.95. The average Bonchev–Trinajstić information content (AvgIpc) is 2.56. The number of hydrogen-bond donors (Lipinski definition) is 0. The predicted octanol–water partition coefficient (Wildman–Crippen LogP) is 1.98. The number of hydrogen-bond acceptors (Lipinski definition) is 6. The summed E-state index contributed by atoms with van der Waals surface area (Å²) in [5.74, 6) is -0.381. The average molecular weight is 348 g/mol. The van der Waals surface area contributed by atoms with Crippen molar-refractivity contribution in [2.75, 3.05) is 19.8 Å². The Labute approximate surface area is 147 Å². The van der Waals surface area contributed by atoms with Crippen LogP contribution in [0.4, 0.5) is 0 Å². The largest absolute Gasteiger partial charge is 0.456 e. The van der Waals surface area contributed by atoms with E-state index in [-0.39, 0.29) is 24.0 Å². The molecule has 0 radical (unpaired) electrons. The number of ether oxygens (including phenoxy) is 3. The number of carbonyl (C=O) groups excluding carboxylic acids is 3. The maximum Gasteiger partial charge on any atom is 0.344 e. The monoisotopic (exact) mass is 348 g/mol. The minimum Gasteiger partial charge on any atom is -0.456 e. The molecule has 0 aromatic heterocycles. The van der Waals surface area contributed by atoms with Crippen LogP contribution in [0.15, 0.2) is 24.8 Å². The lowest BCUT2D eigenvalue weighted by atomic mass is 9.53. The fourth-order valence-corrected chi connectivity index (χ4v) is 4.62. The van der Waals surface area contributed by atoms with E-state index in [0.717, 1.165) is 19.3 Å². The van der Waals surface area contributed by atoms with Gasteiger partial charge in [-0.05, 0) is 38.0 Å². The fourth-order valence-electron chi connectivity index (χ4n) is 4.62. The minimum atomic E-state index is -0.679. The van der Waals surface area contributed by atoms with E-state index >= 15 is 0 Å². The van der Waals surface area contributed by atoms with E-state index in [1.54, 1.807) is 6.08 Å². The van der Waals surface area contributed by atoms with Crippen molar-refractivity contribution in [1.29, 1.82) is 0 Å². The van der Waals surface area contributed by atoms with Gasteiger partial charge in [0.05, 0.1) is 18.8 Å². The van der Waals surface area contributed by atoms with Gasteiger partial charge in [-0.2, -0.15) is 0 Å². The predicted molar refractivity (Wildman–Crippen MR) is 88.5 cm³/mol. The van der Waals surface area contributed by atoms with Gasteiger partial charge in [0.25, 0.3) is 0 Å². The van der Waals surface area contributed by atoms with Crippen LogP contribution in [0, 0.1) is 17.8 Å². The molecule has 2 atom stereocenters. The Morgan fingerprint density at radius 3 is 2.48 bits per heavy atom. The fraction of sp³-hybridized carbons (Fsp3) is 0.632. The molecular formula is C19H24O6. The van der Waals surface area contributed by atoms with Crippen molar-refractivity contribution >= 4 is 17.7 Å². The van der Waals surface area contributed by atoms with Gasteiger partial charge in [-0.1, -0.05) is 12.7 Å². The number of carbonyl (C=O) groups is 3. The third-order valence-electron chi connectivity index (χ3n) is 5.39. The maximum absolute atomic E-state index is 12.2. The number of Topliss-reactive ketones (excluding diaryl/α,β-unsaturated/α-hetero) is 1. The molecule has 4 aliphatic rings. The lowest BCUT2D eigenvalue weighted by Gasteiger charge is -2.54. The summed E-state index contributed by atoms with van der Waals surface area (Å²) in [5, 5.41) is 0. The SMILES string of the molecule is C=CCOCC(=C)C(=O)OCC(=O)OC12CC3CC(C1)C(=O)C(C3)C2. The smallest absolute Gasteiger partial charge is 0.344 e. The minimum absolute atomic E-state index is 0.0248. The molecule has 0 heterocycles. The van der Waals surface area contributed by atoms with E-state index in [2.05, 4.69) is 13.2 Å².